The van der Waals surface area contributed by atoms with Gasteiger partial charge in [-0.1, -0.05) is 0 Å². The molecule has 0 amide bonds. The first kappa shape index (κ1) is 15.9. The summed E-state index contributed by atoms with van der Waals surface area (Å²) in [5.74, 6) is -0.266. The molecule has 8 heavy (non-hydrogen) atoms. The van der Waals surface area contributed by atoms with E-state index in [9.17, 15) is 4.79 Å². The van der Waals surface area contributed by atoms with Crippen molar-refractivity contribution in [2.24, 2.45) is 0 Å². The maximum Gasteiger partial charge on any atom is 1.00 e. The predicted octanol–water partition coefficient (Wildman–Crippen LogP) is 0.726. The van der Waals surface area contributed by atoms with E-state index >= 15 is 0 Å². The summed E-state index contributed by atoms with van der Waals surface area (Å²) in [5.41, 5.74) is 0. The molecule has 0 aromatic carbocycles. The van der Waals surface area contributed by atoms with Crippen LogP contribution in [-0.4, -0.2) is 5.97 Å². The second-order valence-corrected chi connectivity index (χ2v) is 0.845. The Morgan fingerprint density at radius 2 is 2.00 bits per heavy atom. The van der Waals surface area contributed by atoms with Crippen molar-refractivity contribution < 1.29 is 48.5 Å². The van der Waals surface area contributed by atoms with Gasteiger partial charge in [-0.15, -0.1) is 0 Å². The third-order valence-electron chi connectivity index (χ3n) is 0.284. The zero-order chi connectivity index (χ0) is 4.99. The van der Waals surface area contributed by atoms with Crippen molar-refractivity contribution in [3.63, 3.8) is 0 Å². The summed E-state index contributed by atoms with van der Waals surface area (Å²) in [4.78, 5) is 9.79. The van der Waals surface area contributed by atoms with Crippen LogP contribution in [0, 0.1) is 6.61 Å². The molecule has 0 spiro atoms. The van der Waals surface area contributed by atoms with Gasteiger partial charge < -0.3 is 4.74 Å². The molecule has 0 aliphatic heterocycles. The minimum Gasteiger partial charge on any atom is -0.637 e. The number of hydrogen-bond donors (Lipinski definition) is 0. The van der Waals surface area contributed by atoms with Gasteiger partial charge in [0.1, 0.15) is 0 Å². The smallest absolute Gasteiger partial charge is 0.637 e. The monoisotopic (exact) mass is 291 g/mol. The molecular formula is C4H7O2Ru2. The maximum absolute atomic E-state index is 9.79. The summed E-state index contributed by atoms with van der Waals surface area (Å²) >= 11 is 0. The van der Waals surface area contributed by atoms with Crippen molar-refractivity contribution in [2.45, 2.75) is 13.8 Å². The summed E-state index contributed by atoms with van der Waals surface area (Å²) in [7, 11) is 0. The Balaban J connectivity index is -0.000000125. The minimum atomic E-state index is -0.266. The van der Waals surface area contributed by atoms with E-state index in [1.54, 1.807) is 6.92 Å². The van der Waals surface area contributed by atoms with Gasteiger partial charge in [0.15, 0.2) is 0 Å². The summed E-state index contributed by atoms with van der Waals surface area (Å²) < 4.78 is 4.28. The molecular weight excluding hydrogens is 282 g/mol. The average Bonchev–Trinajstić information content (AvgIpc) is 1.35. The van der Waals surface area contributed by atoms with Crippen molar-refractivity contribution in [3.05, 3.63) is 6.61 Å². The van der Waals surface area contributed by atoms with Crippen LogP contribution < -0.4 is 0 Å². The first-order valence-corrected chi connectivity index (χ1v) is 1.72. The van der Waals surface area contributed by atoms with Gasteiger partial charge >= 0.3 is 19.5 Å². The van der Waals surface area contributed by atoms with Gasteiger partial charge in [-0.3, -0.25) is 4.79 Å². The Hall–Kier alpha value is 0.717. The SMILES string of the molecule is C[CH-]OC(C)=O.[Ru+].[Ru]. The normalized spacial score (nSPS) is 5.75. The summed E-state index contributed by atoms with van der Waals surface area (Å²) in [5, 5.41) is 0. The molecule has 51 valence electrons. The summed E-state index contributed by atoms with van der Waals surface area (Å²) in [6.45, 7) is 4.36. The van der Waals surface area contributed by atoms with Crippen LogP contribution in [0.3, 0.4) is 0 Å². The van der Waals surface area contributed by atoms with Crippen LogP contribution >= 0.6 is 0 Å². The second-order valence-electron chi connectivity index (χ2n) is 0.845. The fourth-order valence-corrected chi connectivity index (χ4v) is 0.166. The molecule has 0 aromatic heterocycles. The number of carbonyl (C=O) groups is 1. The van der Waals surface area contributed by atoms with Gasteiger partial charge in [-0.2, -0.15) is 13.5 Å². The Morgan fingerprint density at radius 3 is 2.00 bits per heavy atom. The van der Waals surface area contributed by atoms with Gasteiger partial charge in [0.25, 0.3) is 5.97 Å². The second kappa shape index (κ2) is 10.7. The largest absolute Gasteiger partial charge is 1.00 e. The molecule has 0 fully saturated rings. The van der Waals surface area contributed by atoms with Gasteiger partial charge in [0.2, 0.25) is 0 Å². The Bertz CT molecular complexity index is 56.0. The van der Waals surface area contributed by atoms with E-state index in [1.807, 2.05) is 0 Å². The van der Waals surface area contributed by atoms with Gasteiger partial charge in [0, 0.05) is 26.4 Å². The molecule has 0 saturated carbocycles. The third-order valence-corrected chi connectivity index (χ3v) is 0.284. The Labute approximate surface area is 74.9 Å². The predicted molar refractivity (Wildman–Crippen MR) is 21.7 cm³/mol. The zero-order valence-corrected chi connectivity index (χ0v) is 8.08. The molecule has 4 heteroatoms. The molecule has 0 saturated heterocycles. The molecule has 1 radical (unpaired) electrons. The van der Waals surface area contributed by atoms with E-state index in [0.29, 0.717) is 0 Å². The number of carbonyl (C=O) groups excluding carboxylic acids is 1. The molecule has 0 rings (SSSR count). The van der Waals surface area contributed by atoms with E-state index in [2.05, 4.69) is 4.74 Å². The topological polar surface area (TPSA) is 26.3 Å². The van der Waals surface area contributed by atoms with Crippen LogP contribution in [0.5, 0.6) is 0 Å². The third kappa shape index (κ3) is 15.9. The van der Waals surface area contributed by atoms with Crippen molar-refractivity contribution in [1.82, 2.24) is 0 Å². The van der Waals surface area contributed by atoms with Gasteiger partial charge in [-0.05, 0) is 0 Å². The van der Waals surface area contributed by atoms with E-state index in [0.717, 1.165) is 0 Å². The maximum atomic E-state index is 9.79. The van der Waals surface area contributed by atoms with E-state index in [-0.39, 0.29) is 44.9 Å². The van der Waals surface area contributed by atoms with E-state index in [1.165, 1.54) is 13.5 Å². The molecule has 0 heterocycles. The zero-order valence-electron chi connectivity index (χ0n) is 4.60. The van der Waals surface area contributed by atoms with Gasteiger partial charge in [0.05, 0.1) is 0 Å². The number of esters is 1. The standard InChI is InChI=1S/C4H7O2.2Ru/c1-3-6-4(2)5;;/h3H,1-2H3;;/q-1;;+1. The van der Waals surface area contributed by atoms with Crippen LogP contribution in [0.15, 0.2) is 0 Å². The number of hydrogen-bond acceptors (Lipinski definition) is 2. The molecule has 2 nitrogen and oxygen atoms in total. The van der Waals surface area contributed by atoms with E-state index < -0.39 is 0 Å². The molecule has 0 bridgehead atoms. The average molecular weight is 289 g/mol. The van der Waals surface area contributed by atoms with Crippen LogP contribution in [0.4, 0.5) is 0 Å². The molecule has 0 N–H and O–H groups in total. The van der Waals surface area contributed by atoms with Crippen molar-refractivity contribution in [2.75, 3.05) is 0 Å². The van der Waals surface area contributed by atoms with Crippen LogP contribution in [-0.2, 0) is 48.5 Å². The van der Waals surface area contributed by atoms with E-state index in [4.69, 9.17) is 0 Å². The van der Waals surface area contributed by atoms with Crippen molar-refractivity contribution in [1.29, 1.82) is 0 Å². The molecule has 0 aliphatic rings. The molecule has 0 aliphatic carbocycles. The van der Waals surface area contributed by atoms with Crippen LogP contribution in [0.2, 0.25) is 0 Å². The van der Waals surface area contributed by atoms with Crippen molar-refractivity contribution >= 4 is 5.97 Å². The molecule has 0 unspecified atom stereocenters. The molecule has 0 atom stereocenters. The van der Waals surface area contributed by atoms with Gasteiger partial charge in [-0.25, -0.2) is 0 Å². The Morgan fingerprint density at radius 1 is 1.62 bits per heavy atom. The molecule has 0 aromatic rings. The number of rotatable bonds is 1. The fraction of sp³-hybridized carbons (Fsp3) is 0.500. The quantitative estimate of drug-likeness (QED) is 0.404. The minimum absolute atomic E-state index is 0. The van der Waals surface area contributed by atoms with Crippen molar-refractivity contribution in [3.8, 4) is 0 Å². The Kier molecular flexibility index (Phi) is 21.1. The summed E-state index contributed by atoms with van der Waals surface area (Å²) in [6, 6.07) is 0. The van der Waals surface area contributed by atoms with Crippen LogP contribution in [0.1, 0.15) is 13.8 Å². The number of ether oxygens (including phenoxy) is 1. The first-order valence-electron chi connectivity index (χ1n) is 1.72. The first-order chi connectivity index (χ1) is 2.77. The summed E-state index contributed by atoms with van der Waals surface area (Å²) in [6.07, 6.45) is 0. The van der Waals surface area contributed by atoms with Crippen LogP contribution in [0.25, 0.3) is 0 Å². The fourth-order valence-electron chi connectivity index (χ4n) is 0.166.